The second-order valence-electron chi connectivity index (χ2n) is 11.1. The topological polar surface area (TPSA) is 97.6 Å². The number of allylic oxidation sites excluding steroid dienone is 1. The van der Waals surface area contributed by atoms with Gasteiger partial charge < -0.3 is 23.7 Å². The molecule has 2 heterocycles. The van der Waals surface area contributed by atoms with Crippen LogP contribution in [0.25, 0.3) is 6.08 Å². The zero-order valence-corrected chi connectivity index (χ0v) is 29.9. The number of carbonyl (C=O) groups is 1. The summed E-state index contributed by atoms with van der Waals surface area (Å²) in [6, 6.07) is 14.2. The lowest BCUT2D eigenvalue weighted by atomic mass is 9.95. The summed E-state index contributed by atoms with van der Waals surface area (Å²) in [5.74, 6) is 1.09. The summed E-state index contributed by atoms with van der Waals surface area (Å²) in [4.78, 5) is 32.7. The number of hydrogen-bond acceptors (Lipinski definition) is 9. The molecule has 12 heteroatoms. The number of hydrogen-bond donors (Lipinski definition) is 0. The molecule has 3 aromatic carbocycles. The number of nitrogens with zero attached hydrogens (tertiary/aromatic N) is 2. The highest BCUT2D eigenvalue weighted by molar-refractivity contribution is 9.10. The Labute approximate surface area is 290 Å². The molecule has 252 valence electrons. The molecule has 1 aromatic heterocycles. The molecule has 1 aliphatic heterocycles. The summed E-state index contributed by atoms with van der Waals surface area (Å²) >= 11 is 4.81. The van der Waals surface area contributed by atoms with Gasteiger partial charge in [-0.1, -0.05) is 29.5 Å². The molecular weight excluding hydrogens is 703 g/mol. The number of ether oxygens (including phenoxy) is 5. The SMILES string of the molecule is CCOC(=O)C1=C(C)N=c2s/c(=C\c3cc(Br)c(OCc4ccc(F)cc4)c(OCC)c3)c(=O)n2[C@H]1c1ccc(OC(C)C)c(OC)c1. The molecule has 0 unspecified atom stereocenters. The van der Waals surface area contributed by atoms with E-state index in [0.29, 0.717) is 60.2 Å². The third-order valence-corrected chi connectivity index (χ3v) is 8.88. The van der Waals surface area contributed by atoms with Crippen LogP contribution in [0.3, 0.4) is 0 Å². The van der Waals surface area contributed by atoms with Gasteiger partial charge in [0, 0.05) is 0 Å². The molecule has 0 aliphatic carbocycles. The zero-order chi connectivity index (χ0) is 34.5. The van der Waals surface area contributed by atoms with E-state index >= 15 is 0 Å². The van der Waals surface area contributed by atoms with E-state index in [2.05, 4.69) is 20.9 Å². The number of methoxy groups -OCH3 is 1. The summed E-state index contributed by atoms with van der Waals surface area (Å²) in [5.41, 5.74) is 2.50. The number of thiazole rings is 1. The van der Waals surface area contributed by atoms with Crippen LogP contribution in [0.15, 0.2) is 80.1 Å². The van der Waals surface area contributed by atoms with Crippen LogP contribution in [0.1, 0.15) is 57.4 Å². The van der Waals surface area contributed by atoms with Gasteiger partial charge in [0.1, 0.15) is 12.4 Å². The van der Waals surface area contributed by atoms with Crippen molar-refractivity contribution >= 4 is 39.3 Å². The fourth-order valence-corrected chi connectivity index (χ4v) is 6.90. The maximum Gasteiger partial charge on any atom is 0.338 e. The molecule has 1 aliphatic rings. The highest BCUT2D eigenvalue weighted by Gasteiger charge is 2.34. The monoisotopic (exact) mass is 738 g/mol. The molecule has 0 spiro atoms. The standard InChI is InChI=1S/C36H36BrFN2O7S/c1-7-44-29-16-23(15-26(37)33(29)46-19-22-9-12-25(38)13-10-22)17-30-34(41)40-32(24-11-14-27(47-20(3)4)28(18-24)43-6)31(35(42)45-8-2)21(5)39-36(40)48-30/h9-18,20,32H,7-8,19H2,1-6H3/b30-17-/t32-/m0/s1. The van der Waals surface area contributed by atoms with Crippen LogP contribution in [0.5, 0.6) is 23.0 Å². The van der Waals surface area contributed by atoms with Crippen molar-refractivity contribution in [2.75, 3.05) is 20.3 Å². The summed E-state index contributed by atoms with van der Waals surface area (Å²) in [5, 5.41) is 0. The van der Waals surface area contributed by atoms with E-state index in [0.717, 1.165) is 5.56 Å². The number of fused-ring (bicyclic) bond motifs is 1. The first-order chi connectivity index (χ1) is 23.0. The number of rotatable bonds is 12. The Balaban J connectivity index is 1.60. The number of carbonyl (C=O) groups excluding carboxylic acids is 1. The van der Waals surface area contributed by atoms with Crippen molar-refractivity contribution in [1.29, 1.82) is 0 Å². The van der Waals surface area contributed by atoms with Crippen LogP contribution in [0, 0.1) is 5.82 Å². The van der Waals surface area contributed by atoms with Gasteiger partial charge in [-0.3, -0.25) is 9.36 Å². The van der Waals surface area contributed by atoms with Crippen molar-refractivity contribution in [2.45, 2.75) is 53.4 Å². The number of esters is 1. The van der Waals surface area contributed by atoms with E-state index in [1.807, 2.05) is 32.9 Å². The van der Waals surface area contributed by atoms with Crippen LogP contribution in [0.2, 0.25) is 0 Å². The zero-order valence-electron chi connectivity index (χ0n) is 27.5. The molecule has 4 aromatic rings. The average molecular weight is 740 g/mol. The summed E-state index contributed by atoms with van der Waals surface area (Å²) in [7, 11) is 1.54. The number of aromatic nitrogens is 1. The first-order valence-corrected chi connectivity index (χ1v) is 17.0. The van der Waals surface area contributed by atoms with Gasteiger partial charge in [-0.15, -0.1) is 0 Å². The molecule has 0 saturated carbocycles. The predicted molar refractivity (Wildman–Crippen MR) is 185 cm³/mol. The van der Waals surface area contributed by atoms with Crippen molar-refractivity contribution in [1.82, 2.24) is 4.57 Å². The van der Waals surface area contributed by atoms with Crippen LogP contribution >= 0.6 is 27.3 Å². The van der Waals surface area contributed by atoms with Crippen LogP contribution < -0.4 is 33.8 Å². The lowest BCUT2D eigenvalue weighted by molar-refractivity contribution is -0.139. The lowest BCUT2D eigenvalue weighted by Crippen LogP contribution is -2.40. The number of benzene rings is 3. The highest BCUT2D eigenvalue weighted by atomic mass is 79.9. The van der Waals surface area contributed by atoms with Crippen LogP contribution in [-0.2, 0) is 16.1 Å². The van der Waals surface area contributed by atoms with Gasteiger partial charge in [0.2, 0.25) is 0 Å². The van der Waals surface area contributed by atoms with E-state index < -0.39 is 12.0 Å². The maximum atomic E-state index is 14.2. The number of halogens is 2. The van der Waals surface area contributed by atoms with E-state index in [9.17, 15) is 14.0 Å². The average Bonchev–Trinajstić information content (AvgIpc) is 3.34. The molecule has 0 radical (unpaired) electrons. The normalized spacial score (nSPS) is 14.4. The molecule has 48 heavy (non-hydrogen) atoms. The first kappa shape index (κ1) is 34.9. The Morgan fingerprint density at radius 3 is 2.46 bits per heavy atom. The minimum Gasteiger partial charge on any atom is -0.493 e. The van der Waals surface area contributed by atoms with Crippen LogP contribution in [-0.4, -0.2) is 37.0 Å². The third-order valence-electron chi connectivity index (χ3n) is 7.31. The first-order valence-electron chi connectivity index (χ1n) is 15.4. The Morgan fingerprint density at radius 1 is 1.04 bits per heavy atom. The lowest BCUT2D eigenvalue weighted by Gasteiger charge is -2.25. The smallest absolute Gasteiger partial charge is 0.338 e. The largest absolute Gasteiger partial charge is 0.493 e. The molecule has 0 fully saturated rings. The Morgan fingerprint density at radius 2 is 1.79 bits per heavy atom. The van der Waals surface area contributed by atoms with E-state index in [-0.39, 0.29) is 36.3 Å². The van der Waals surface area contributed by atoms with Gasteiger partial charge in [-0.05, 0) is 110 Å². The highest BCUT2D eigenvalue weighted by Crippen LogP contribution is 2.39. The van der Waals surface area contributed by atoms with Gasteiger partial charge in [0.05, 0.1) is 52.7 Å². The minimum atomic E-state index is -0.822. The van der Waals surface area contributed by atoms with Crippen molar-refractivity contribution in [3.63, 3.8) is 0 Å². The summed E-state index contributed by atoms with van der Waals surface area (Å²) in [6.07, 6.45) is 1.67. The van der Waals surface area contributed by atoms with Crippen molar-refractivity contribution in [3.8, 4) is 23.0 Å². The predicted octanol–water partition coefficient (Wildman–Crippen LogP) is 6.47. The third kappa shape index (κ3) is 7.50. The maximum absolute atomic E-state index is 14.2. The Kier molecular flexibility index (Phi) is 11.1. The second-order valence-corrected chi connectivity index (χ2v) is 12.9. The molecule has 0 bridgehead atoms. The van der Waals surface area contributed by atoms with Gasteiger partial charge in [0.15, 0.2) is 27.8 Å². The minimum absolute atomic E-state index is 0.0848. The fraction of sp³-hybridized carbons (Fsp3) is 0.306. The summed E-state index contributed by atoms with van der Waals surface area (Å²) < 4.78 is 44.8. The molecule has 0 amide bonds. The molecule has 9 nitrogen and oxygen atoms in total. The Bertz CT molecular complexity index is 2040. The Hall–Kier alpha value is -4.42. The molecule has 0 saturated heterocycles. The second kappa shape index (κ2) is 15.2. The van der Waals surface area contributed by atoms with Gasteiger partial charge in [-0.2, -0.15) is 0 Å². The van der Waals surface area contributed by atoms with E-state index in [1.165, 1.54) is 28.0 Å². The van der Waals surface area contributed by atoms with Gasteiger partial charge in [0.25, 0.3) is 5.56 Å². The van der Waals surface area contributed by atoms with Crippen molar-refractivity contribution in [3.05, 3.63) is 113 Å². The van der Waals surface area contributed by atoms with Crippen LogP contribution in [0.4, 0.5) is 4.39 Å². The quantitative estimate of drug-likeness (QED) is 0.154. The van der Waals surface area contributed by atoms with Crippen molar-refractivity contribution < 1.29 is 32.9 Å². The molecule has 5 rings (SSSR count). The fourth-order valence-electron chi connectivity index (χ4n) is 5.27. The van der Waals surface area contributed by atoms with Crippen molar-refractivity contribution in [2.24, 2.45) is 4.99 Å². The van der Waals surface area contributed by atoms with E-state index in [4.69, 9.17) is 23.7 Å². The molecule has 0 N–H and O–H groups in total. The van der Waals surface area contributed by atoms with Gasteiger partial charge >= 0.3 is 5.97 Å². The van der Waals surface area contributed by atoms with Gasteiger partial charge in [-0.25, -0.2) is 14.2 Å². The summed E-state index contributed by atoms with van der Waals surface area (Å²) in [6.45, 7) is 9.91. The molecular formula is C36H36BrFN2O7S. The molecule has 1 atom stereocenters. The van der Waals surface area contributed by atoms with E-state index in [1.54, 1.807) is 57.4 Å².